The highest BCUT2D eigenvalue weighted by molar-refractivity contribution is 7.99. The van der Waals surface area contributed by atoms with Crippen molar-refractivity contribution >= 4 is 22.7 Å². The number of hydrogen-bond acceptors (Lipinski definition) is 2. The number of hydrogen-bond donors (Lipinski definition) is 2. The first-order valence-corrected chi connectivity index (χ1v) is 7.72. The molecule has 1 aromatic carbocycles. The van der Waals surface area contributed by atoms with Crippen LogP contribution in [0.25, 0.3) is 10.9 Å². The maximum absolute atomic E-state index is 3.55. The average molecular weight is 262 g/mol. The Kier molecular flexibility index (Phi) is 5.14. The largest absolute Gasteiger partial charge is 0.350 e. The first-order valence-electron chi connectivity index (χ1n) is 6.73. The van der Waals surface area contributed by atoms with Crippen molar-refractivity contribution in [3.8, 4) is 0 Å². The van der Waals surface area contributed by atoms with Crippen LogP contribution < -0.4 is 5.32 Å². The van der Waals surface area contributed by atoms with Crippen molar-refractivity contribution in [2.24, 2.45) is 0 Å². The van der Waals surface area contributed by atoms with Gasteiger partial charge in [-0.15, -0.1) is 11.8 Å². The summed E-state index contributed by atoms with van der Waals surface area (Å²) in [5.41, 5.74) is 1.23. The van der Waals surface area contributed by atoms with Gasteiger partial charge in [-0.3, -0.25) is 0 Å². The second-order valence-electron chi connectivity index (χ2n) is 4.71. The highest BCUT2D eigenvalue weighted by Gasteiger charge is 2.02. The summed E-state index contributed by atoms with van der Waals surface area (Å²) in [4.78, 5) is 3.44. The fourth-order valence-electron chi connectivity index (χ4n) is 2.13. The normalized spacial score (nSPS) is 13.0. The molecule has 98 valence electrons. The number of fused-ring (bicyclic) bond motifs is 1. The minimum absolute atomic E-state index is 0.637. The van der Waals surface area contributed by atoms with Gasteiger partial charge >= 0.3 is 0 Å². The van der Waals surface area contributed by atoms with Crippen LogP contribution in [0, 0.1) is 0 Å². The summed E-state index contributed by atoms with van der Waals surface area (Å²) in [6.45, 7) is 5.57. The van der Waals surface area contributed by atoms with Gasteiger partial charge in [-0.2, -0.15) is 0 Å². The van der Waals surface area contributed by atoms with Crippen molar-refractivity contribution in [2.75, 3.05) is 12.3 Å². The molecule has 1 atom stereocenters. The summed E-state index contributed by atoms with van der Waals surface area (Å²) in [7, 11) is 0. The molecular formula is C15H22N2S. The third-order valence-corrected chi connectivity index (χ3v) is 4.02. The van der Waals surface area contributed by atoms with Crippen molar-refractivity contribution in [3.63, 3.8) is 0 Å². The second kappa shape index (κ2) is 6.86. The highest BCUT2D eigenvalue weighted by Crippen LogP contribution is 2.22. The van der Waals surface area contributed by atoms with Gasteiger partial charge in [-0.1, -0.05) is 31.5 Å². The lowest BCUT2D eigenvalue weighted by molar-refractivity contribution is 0.526. The summed E-state index contributed by atoms with van der Waals surface area (Å²) in [5.74, 6) is 1.11. The Morgan fingerprint density at radius 2 is 2.17 bits per heavy atom. The lowest BCUT2D eigenvalue weighted by atomic mass is 10.2. The van der Waals surface area contributed by atoms with Gasteiger partial charge in [0, 0.05) is 29.2 Å². The van der Waals surface area contributed by atoms with Gasteiger partial charge in [0.2, 0.25) is 0 Å². The van der Waals surface area contributed by atoms with E-state index in [1.165, 1.54) is 28.8 Å². The van der Waals surface area contributed by atoms with Crippen LogP contribution in [-0.2, 0) is 0 Å². The van der Waals surface area contributed by atoms with Gasteiger partial charge in [0.1, 0.15) is 0 Å². The maximum Gasteiger partial charge on any atom is 0.0732 e. The summed E-state index contributed by atoms with van der Waals surface area (Å²) < 4.78 is 0. The zero-order chi connectivity index (χ0) is 12.8. The zero-order valence-corrected chi connectivity index (χ0v) is 12.0. The topological polar surface area (TPSA) is 27.8 Å². The highest BCUT2D eigenvalue weighted by atomic mass is 32.2. The average Bonchev–Trinajstić information content (AvgIpc) is 2.77. The number of rotatable bonds is 7. The Bertz CT molecular complexity index is 445. The van der Waals surface area contributed by atoms with E-state index < -0.39 is 0 Å². The second-order valence-corrected chi connectivity index (χ2v) is 5.85. The number of para-hydroxylation sites is 1. The van der Waals surface area contributed by atoms with Crippen molar-refractivity contribution in [1.82, 2.24) is 10.3 Å². The van der Waals surface area contributed by atoms with Gasteiger partial charge in [0.25, 0.3) is 0 Å². The molecule has 1 aromatic heterocycles. The van der Waals surface area contributed by atoms with Crippen LogP contribution in [0.5, 0.6) is 0 Å². The third-order valence-electron chi connectivity index (χ3n) is 3.08. The first kappa shape index (κ1) is 13.5. The molecule has 0 aliphatic carbocycles. The van der Waals surface area contributed by atoms with Crippen LogP contribution in [-0.4, -0.2) is 23.3 Å². The number of nitrogens with one attached hydrogen (secondary N) is 2. The molecule has 2 N–H and O–H groups in total. The molecule has 2 rings (SSSR count). The predicted molar refractivity (Wildman–Crippen MR) is 81.4 cm³/mol. The number of aromatic nitrogens is 1. The Morgan fingerprint density at radius 1 is 1.33 bits per heavy atom. The smallest absolute Gasteiger partial charge is 0.0732 e. The zero-order valence-electron chi connectivity index (χ0n) is 11.2. The van der Waals surface area contributed by atoms with Crippen LogP contribution in [0.3, 0.4) is 0 Å². The SMILES string of the molecule is CCCC(C)NCCSc1cc2ccccc2[nH]1. The minimum atomic E-state index is 0.637. The molecule has 0 saturated carbocycles. The molecule has 2 nitrogen and oxygen atoms in total. The molecule has 0 fully saturated rings. The molecule has 0 aliphatic rings. The molecule has 0 bridgehead atoms. The van der Waals surface area contributed by atoms with Crippen LogP contribution in [0.4, 0.5) is 0 Å². The van der Waals surface area contributed by atoms with Crippen molar-refractivity contribution < 1.29 is 0 Å². The van der Waals surface area contributed by atoms with E-state index in [9.17, 15) is 0 Å². The maximum atomic E-state index is 3.55. The number of aromatic amines is 1. The Labute approximate surface area is 114 Å². The predicted octanol–water partition coefficient (Wildman–Crippen LogP) is 4.04. The fraction of sp³-hybridized carbons (Fsp3) is 0.467. The fourth-order valence-corrected chi connectivity index (χ4v) is 2.96. The lowest BCUT2D eigenvalue weighted by Gasteiger charge is -2.11. The van der Waals surface area contributed by atoms with Gasteiger partial charge in [0.05, 0.1) is 5.03 Å². The van der Waals surface area contributed by atoms with E-state index in [1.807, 2.05) is 11.8 Å². The Morgan fingerprint density at radius 3 is 2.94 bits per heavy atom. The molecule has 3 heteroatoms. The van der Waals surface area contributed by atoms with E-state index in [2.05, 4.69) is 54.5 Å². The molecular weight excluding hydrogens is 240 g/mol. The third kappa shape index (κ3) is 3.79. The molecule has 0 amide bonds. The quantitative estimate of drug-likeness (QED) is 0.582. The van der Waals surface area contributed by atoms with Gasteiger partial charge < -0.3 is 10.3 Å². The molecule has 18 heavy (non-hydrogen) atoms. The lowest BCUT2D eigenvalue weighted by Crippen LogP contribution is -2.27. The molecule has 0 spiro atoms. The van der Waals surface area contributed by atoms with Crippen LogP contribution in [0.1, 0.15) is 26.7 Å². The number of H-pyrrole nitrogens is 1. The van der Waals surface area contributed by atoms with E-state index in [4.69, 9.17) is 0 Å². The van der Waals surface area contributed by atoms with Crippen LogP contribution in [0.2, 0.25) is 0 Å². The Hall–Kier alpha value is -0.930. The molecule has 0 saturated heterocycles. The van der Waals surface area contributed by atoms with E-state index >= 15 is 0 Å². The summed E-state index contributed by atoms with van der Waals surface area (Å²) in [6.07, 6.45) is 2.51. The van der Waals surface area contributed by atoms with Crippen molar-refractivity contribution in [2.45, 2.75) is 37.8 Å². The summed E-state index contributed by atoms with van der Waals surface area (Å²) in [6, 6.07) is 11.3. The van der Waals surface area contributed by atoms with Crippen molar-refractivity contribution in [1.29, 1.82) is 0 Å². The summed E-state index contributed by atoms with van der Waals surface area (Å²) >= 11 is 1.89. The standard InChI is InChI=1S/C15H22N2S/c1-3-6-12(2)16-9-10-18-15-11-13-7-4-5-8-14(13)17-15/h4-5,7-8,11-12,16-17H,3,6,9-10H2,1-2H3. The van der Waals surface area contributed by atoms with E-state index in [-0.39, 0.29) is 0 Å². The minimum Gasteiger partial charge on any atom is -0.350 e. The molecule has 0 radical (unpaired) electrons. The number of benzene rings is 1. The van der Waals surface area contributed by atoms with E-state index in [0.29, 0.717) is 6.04 Å². The van der Waals surface area contributed by atoms with Crippen molar-refractivity contribution in [3.05, 3.63) is 30.3 Å². The molecule has 2 aromatic rings. The monoisotopic (exact) mass is 262 g/mol. The molecule has 1 unspecified atom stereocenters. The van der Waals surface area contributed by atoms with Gasteiger partial charge in [0.15, 0.2) is 0 Å². The molecule has 0 aliphatic heterocycles. The van der Waals surface area contributed by atoms with Gasteiger partial charge in [-0.25, -0.2) is 0 Å². The Balaban J connectivity index is 1.76. The van der Waals surface area contributed by atoms with Gasteiger partial charge in [-0.05, 0) is 25.5 Å². The van der Waals surface area contributed by atoms with Crippen LogP contribution in [0.15, 0.2) is 35.4 Å². The van der Waals surface area contributed by atoms with E-state index in [0.717, 1.165) is 12.3 Å². The van der Waals surface area contributed by atoms with Crippen LogP contribution >= 0.6 is 11.8 Å². The van der Waals surface area contributed by atoms with E-state index in [1.54, 1.807) is 0 Å². The summed E-state index contributed by atoms with van der Waals surface area (Å²) in [5, 5.41) is 6.12. The molecule has 1 heterocycles. The number of thioether (sulfide) groups is 1. The first-order chi connectivity index (χ1) is 8.79.